The Morgan fingerprint density at radius 2 is 2.15 bits per heavy atom. The first-order valence-corrected chi connectivity index (χ1v) is 7.36. The van der Waals surface area contributed by atoms with Gasteiger partial charge in [-0.1, -0.05) is 19.1 Å². The van der Waals surface area contributed by atoms with Crippen molar-refractivity contribution in [2.45, 2.75) is 33.8 Å². The minimum absolute atomic E-state index is 0.0809. The predicted molar refractivity (Wildman–Crippen MR) is 82.8 cm³/mol. The molecule has 0 radical (unpaired) electrons. The first kappa shape index (κ1) is 14.5. The van der Waals surface area contributed by atoms with E-state index in [0.717, 1.165) is 33.3 Å². The highest BCUT2D eigenvalue weighted by molar-refractivity contribution is 7.13. The monoisotopic (exact) mass is 289 g/mol. The lowest BCUT2D eigenvalue weighted by atomic mass is 10.1. The Morgan fingerprint density at radius 1 is 1.40 bits per heavy atom. The van der Waals surface area contributed by atoms with E-state index in [2.05, 4.69) is 18.0 Å². The van der Waals surface area contributed by atoms with Gasteiger partial charge in [0.05, 0.1) is 10.6 Å². The molecule has 0 fully saturated rings. The van der Waals surface area contributed by atoms with Crippen molar-refractivity contribution < 1.29 is 4.74 Å². The average Bonchev–Trinajstić information content (AvgIpc) is 2.84. The number of nitrogens with zero attached hydrogens (tertiary/aromatic N) is 1. The van der Waals surface area contributed by atoms with E-state index in [9.17, 15) is 0 Å². The van der Waals surface area contributed by atoms with Crippen LogP contribution in [0.3, 0.4) is 0 Å². The molecule has 0 amide bonds. The summed E-state index contributed by atoms with van der Waals surface area (Å²) in [4.78, 5) is 5.25. The molecule has 0 aliphatic heterocycles. The van der Waals surface area contributed by atoms with Crippen molar-refractivity contribution in [2.24, 2.45) is 5.73 Å². The molecule has 0 aliphatic rings. The number of benzene rings is 1. The third kappa shape index (κ3) is 2.99. The Morgan fingerprint density at radius 3 is 2.75 bits per heavy atom. The third-order valence-corrected chi connectivity index (χ3v) is 4.33. The van der Waals surface area contributed by atoms with Crippen molar-refractivity contribution in [3.63, 3.8) is 0 Å². The largest absolute Gasteiger partial charge is 0.486 e. The van der Waals surface area contributed by atoms with Gasteiger partial charge >= 0.3 is 0 Å². The minimum Gasteiger partial charge on any atom is -0.486 e. The van der Waals surface area contributed by atoms with E-state index in [-0.39, 0.29) is 5.84 Å². The molecule has 2 aromatic rings. The highest BCUT2D eigenvalue weighted by Gasteiger charge is 2.13. The molecular formula is C15H19N3OS. The summed E-state index contributed by atoms with van der Waals surface area (Å²) in [6.45, 7) is 6.53. The standard InChI is InChI=1S/C15H19N3OS/c1-4-11-14(15(16)17)20-13(18-11)8-19-12-7-5-6-9(2)10(12)3/h5-7H,4,8H2,1-3H3,(H3,16,17). The van der Waals surface area contributed by atoms with E-state index in [0.29, 0.717) is 6.61 Å². The number of rotatable bonds is 5. The SMILES string of the molecule is CCc1nc(COc2cccc(C)c2C)sc1C(=N)N. The fraction of sp³-hybridized carbons (Fsp3) is 0.333. The number of aromatic nitrogens is 1. The van der Waals surface area contributed by atoms with E-state index in [1.165, 1.54) is 16.9 Å². The smallest absolute Gasteiger partial charge is 0.140 e. The number of amidine groups is 1. The molecule has 5 heteroatoms. The van der Waals surface area contributed by atoms with Crippen LogP contribution >= 0.6 is 11.3 Å². The Kier molecular flexibility index (Phi) is 4.39. The van der Waals surface area contributed by atoms with Crippen molar-refractivity contribution in [3.05, 3.63) is 44.9 Å². The van der Waals surface area contributed by atoms with Crippen LogP contribution in [0.2, 0.25) is 0 Å². The second kappa shape index (κ2) is 6.05. The molecule has 0 aliphatic carbocycles. The Balaban J connectivity index is 2.15. The molecule has 1 aromatic heterocycles. The molecular weight excluding hydrogens is 270 g/mol. The summed E-state index contributed by atoms with van der Waals surface area (Å²) in [5.41, 5.74) is 8.80. The van der Waals surface area contributed by atoms with E-state index in [4.69, 9.17) is 15.9 Å². The molecule has 0 spiro atoms. The van der Waals surface area contributed by atoms with Gasteiger partial charge in [-0.2, -0.15) is 0 Å². The van der Waals surface area contributed by atoms with Crippen molar-refractivity contribution in [1.29, 1.82) is 5.41 Å². The first-order chi connectivity index (χ1) is 9.52. The van der Waals surface area contributed by atoms with Crippen LogP contribution < -0.4 is 10.5 Å². The summed E-state index contributed by atoms with van der Waals surface area (Å²) in [6, 6.07) is 6.01. The van der Waals surface area contributed by atoms with Gasteiger partial charge in [0.1, 0.15) is 23.2 Å². The molecule has 106 valence electrons. The number of ether oxygens (including phenoxy) is 1. The number of nitrogens with two attached hydrogens (primary N) is 1. The second-order valence-electron chi connectivity index (χ2n) is 4.64. The molecule has 4 nitrogen and oxygen atoms in total. The number of hydrogen-bond donors (Lipinski definition) is 2. The molecule has 0 saturated carbocycles. The maximum atomic E-state index is 7.56. The molecule has 1 heterocycles. The van der Waals surface area contributed by atoms with Gasteiger partial charge in [0.15, 0.2) is 0 Å². The lowest BCUT2D eigenvalue weighted by molar-refractivity contribution is 0.303. The zero-order valence-corrected chi connectivity index (χ0v) is 12.8. The Labute approximate surface area is 123 Å². The maximum absolute atomic E-state index is 7.56. The molecule has 20 heavy (non-hydrogen) atoms. The molecule has 0 saturated heterocycles. The van der Waals surface area contributed by atoms with E-state index in [1.807, 2.05) is 26.0 Å². The van der Waals surface area contributed by atoms with Crippen LogP contribution in [0.1, 0.15) is 33.6 Å². The summed E-state index contributed by atoms with van der Waals surface area (Å²) in [7, 11) is 0. The van der Waals surface area contributed by atoms with Crippen LogP contribution in [0.4, 0.5) is 0 Å². The Hall–Kier alpha value is -1.88. The van der Waals surface area contributed by atoms with Crippen molar-refractivity contribution in [2.75, 3.05) is 0 Å². The van der Waals surface area contributed by atoms with Crippen molar-refractivity contribution in [1.82, 2.24) is 4.98 Å². The van der Waals surface area contributed by atoms with Crippen molar-refractivity contribution in [3.8, 4) is 5.75 Å². The lowest BCUT2D eigenvalue weighted by Gasteiger charge is -2.09. The van der Waals surface area contributed by atoms with Crippen LogP contribution in [-0.4, -0.2) is 10.8 Å². The molecule has 2 rings (SSSR count). The molecule has 0 bridgehead atoms. The fourth-order valence-corrected chi connectivity index (χ4v) is 2.86. The summed E-state index contributed by atoms with van der Waals surface area (Å²) in [5.74, 6) is 0.958. The fourth-order valence-electron chi connectivity index (χ4n) is 1.93. The molecule has 3 N–H and O–H groups in total. The van der Waals surface area contributed by atoms with Gasteiger partial charge in [0.25, 0.3) is 0 Å². The van der Waals surface area contributed by atoms with Gasteiger partial charge in [0.2, 0.25) is 0 Å². The van der Waals surface area contributed by atoms with Gasteiger partial charge in [0, 0.05) is 0 Å². The molecule has 0 atom stereocenters. The number of nitrogen functional groups attached to an aromatic ring is 1. The normalized spacial score (nSPS) is 10.6. The molecule has 1 aromatic carbocycles. The zero-order valence-electron chi connectivity index (χ0n) is 12.0. The lowest BCUT2D eigenvalue weighted by Crippen LogP contribution is -2.11. The van der Waals surface area contributed by atoms with Gasteiger partial charge in [-0.25, -0.2) is 4.98 Å². The van der Waals surface area contributed by atoms with Crippen LogP contribution in [0.15, 0.2) is 18.2 Å². The highest BCUT2D eigenvalue weighted by Crippen LogP contribution is 2.24. The Bertz CT molecular complexity index is 634. The zero-order chi connectivity index (χ0) is 14.7. The van der Waals surface area contributed by atoms with Crippen LogP contribution in [0, 0.1) is 19.3 Å². The predicted octanol–water partition coefficient (Wildman–Crippen LogP) is 3.19. The van der Waals surface area contributed by atoms with Crippen LogP contribution in [0.5, 0.6) is 5.75 Å². The average molecular weight is 289 g/mol. The van der Waals surface area contributed by atoms with Gasteiger partial charge < -0.3 is 10.5 Å². The summed E-state index contributed by atoms with van der Waals surface area (Å²) in [5, 5.41) is 8.41. The van der Waals surface area contributed by atoms with E-state index in [1.54, 1.807) is 0 Å². The second-order valence-corrected chi connectivity index (χ2v) is 5.72. The number of nitrogens with one attached hydrogen (secondary N) is 1. The highest BCUT2D eigenvalue weighted by atomic mass is 32.1. The van der Waals surface area contributed by atoms with Crippen LogP contribution in [-0.2, 0) is 13.0 Å². The van der Waals surface area contributed by atoms with Crippen LogP contribution in [0.25, 0.3) is 0 Å². The maximum Gasteiger partial charge on any atom is 0.140 e. The summed E-state index contributed by atoms with van der Waals surface area (Å²) in [6.07, 6.45) is 0.773. The van der Waals surface area contributed by atoms with Gasteiger partial charge in [-0.05, 0) is 37.5 Å². The van der Waals surface area contributed by atoms with Crippen molar-refractivity contribution >= 4 is 17.2 Å². The summed E-state index contributed by atoms with van der Waals surface area (Å²) >= 11 is 1.44. The topological polar surface area (TPSA) is 72.0 Å². The number of hydrogen-bond acceptors (Lipinski definition) is 4. The number of thiazole rings is 1. The molecule has 0 unspecified atom stereocenters. The number of aryl methyl sites for hydroxylation is 2. The minimum atomic E-state index is 0.0809. The first-order valence-electron chi connectivity index (χ1n) is 6.55. The third-order valence-electron chi connectivity index (χ3n) is 3.23. The van der Waals surface area contributed by atoms with E-state index >= 15 is 0 Å². The summed E-state index contributed by atoms with van der Waals surface area (Å²) < 4.78 is 5.83. The quantitative estimate of drug-likeness (QED) is 0.656. The van der Waals surface area contributed by atoms with Gasteiger partial charge in [-0.15, -0.1) is 11.3 Å². The van der Waals surface area contributed by atoms with E-state index < -0.39 is 0 Å². The van der Waals surface area contributed by atoms with Gasteiger partial charge in [-0.3, -0.25) is 5.41 Å².